The van der Waals surface area contributed by atoms with E-state index in [9.17, 15) is 9.90 Å². The largest absolute Gasteiger partial charge is 0.493 e. The minimum Gasteiger partial charge on any atom is -0.493 e. The zero-order valence-corrected chi connectivity index (χ0v) is 16.0. The molecule has 1 unspecified atom stereocenters. The summed E-state index contributed by atoms with van der Waals surface area (Å²) in [7, 11) is 3.04. The molecule has 0 radical (unpaired) electrons. The van der Waals surface area contributed by atoms with Gasteiger partial charge < -0.3 is 19.9 Å². The Morgan fingerprint density at radius 2 is 1.81 bits per heavy atom. The first-order chi connectivity index (χ1) is 13.1. The van der Waals surface area contributed by atoms with Gasteiger partial charge in [-0.3, -0.25) is 4.79 Å². The van der Waals surface area contributed by atoms with Gasteiger partial charge in [-0.15, -0.1) is 11.3 Å². The highest BCUT2D eigenvalue weighted by Crippen LogP contribution is 2.31. The van der Waals surface area contributed by atoms with Crippen molar-refractivity contribution in [3.05, 3.63) is 81.5 Å². The highest BCUT2D eigenvalue weighted by Gasteiger charge is 2.17. The van der Waals surface area contributed by atoms with Crippen LogP contribution in [0.25, 0.3) is 0 Å². The Morgan fingerprint density at radius 3 is 2.52 bits per heavy atom. The number of methoxy groups -OCH3 is 2. The monoisotopic (exact) mass is 383 g/mol. The van der Waals surface area contributed by atoms with Crippen molar-refractivity contribution >= 4 is 17.2 Å². The molecule has 0 fully saturated rings. The van der Waals surface area contributed by atoms with Gasteiger partial charge in [0.25, 0.3) is 5.91 Å². The van der Waals surface area contributed by atoms with E-state index in [0.717, 1.165) is 15.3 Å². The average Bonchev–Trinajstić information content (AvgIpc) is 3.20. The predicted octanol–water partition coefficient (Wildman–Crippen LogP) is 3.78. The van der Waals surface area contributed by atoms with Crippen molar-refractivity contribution in [3.63, 3.8) is 0 Å². The van der Waals surface area contributed by atoms with E-state index >= 15 is 0 Å². The topological polar surface area (TPSA) is 67.8 Å². The van der Waals surface area contributed by atoms with Crippen LogP contribution in [0.4, 0.5) is 0 Å². The van der Waals surface area contributed by atoms with E-state index in [-0.39, 0.29) is 5.91 Å². The minimum absolute atomic E-state index is 0.246. The molecular weight excluding hydrogens is 362 g/mol. The van der Waals surface area contributed by atoms with E-state index in [0.29, 0.717) is 23.6 Å². The Hall–Kier alpha value is -2.83. The number of hydrogen-bond donors (Lipinski definition) is 2. The quantitative estimate of drug-likeness (QED) is 0.652. The number of carbonyl (C=O) groups is 1. The van der Waals surface area contributed by atoms with Gasteiger partial charge in [-0.2, -0.15) is 0 Å². The first kappa shape index (κ1) is 18.9. The summed E-state index contributed by atoms with van der Waals surface area (Å²) in [5, 5.41) is 13.4. The summed E-state index contributed by atoms with van der Waals surface area (Å²) < 4.78 is 10.5. The van der Waals surface area contributed by atoms with Crippen LogP contribution in [0, 0.1) is 0 Å². The standard InChI is InChI=1S/C21H21NO4S/c1-25-17-10-6-9-16(20(17)26-2)21(24)22-13-15-11-12-18(27-15)19(23)14-7-4-3-5-8-14/h3-12,19,23H,13H2,1-2H3,(H,22,24). The molecule has 5 nitrogen and oxygen atoms in total. The number of aliphatic hydroxyl groups excluding tert-OH is 1. The fourth-order valence-corrected chi connectivity index (χ4v) is 3.73. The number of rotatable bonds is 7. The number of aliphatic hydroxyl groups is 1. The number of benzene rings is 2. The number of para-hydroxylation sites is 1. The van der Waals surface area contributed by atoms with Crippen LogP contribution in [0.2, 0.25) is 0 Å². The third-order valence-electron chi connectivity index (χ3n) is 4.14. The molecule has 27 heavy (non-hydrogen) atoms. The Kier molecular flexibility index (Phi) is 6.11. The van der Waals surface area contributed by atoms with Crippen LogP contribution in [0.5, 0.6) is 11.5 Å². The molecule has 0 spiro atoms. The minimum atomic E-state index is -0.667. The Morgan fingerprint density at radius 1 is 1.04 bits per heavy atom. The number of ether oxygens (including phenoxy) is 2. The van der Waals surface area contributed by atoms with Crippen LogP contribution < -0.4 is 14.8 Å². The molecule has 0 saturated heterocycles. The zero-order chi connectivity index (χ0) is 19.2. The molecule has 140 valence electrons. The molecule has 0 bridgehead atoms. The molecule has 3 rings (SSSR count). The van der Waals surface area contributed by atoms with E-state index in [4.69, 9.17) is 9.47 Å². The molecule has 0 aliphatic rings. The molecule has 2 aromatic carbocycles. The van der Waals surface area contributed by atoms with Crippen molar-refractivity contribution in [1.29, 1.82) is 0 Å². The summed E-state index contributed by atoms with van der Waals surface area (Å²) in [6.07, 6.45) is -0.667. The molecule has 1 atom stereocenters. The first-order valence-corrected chi connectivity index (χ1v) is 9.26. The summed E-state index contributed by atoms with van der Waals surface area (Å²) in [4.78, 5) is 14.3. The maximum Gasteiger partial charge on any atom is 0.255 e. The molecule has 3 aromatic rings. The van der Waals surface area contributed by atoms with Crippen molar-refractivity contribution in [2.45, 2.75) is 12.6 Å². The zero-order valence-electron chi connectivity index (χ0n) is 15.1. The van der Waals surface area contributed by atoms with E-state index in [1.165, 1.54) is 25.6 Å². The van der Waals surface area contributed by atoms with Crippen LogP contribution in [-0.4, -0.2) is 25.2 Å². The molecule has 1 heterocycles. The van der Waals surface area contributed by atoms with Gasteiger partial charge in [0.05, 0.1) is 26.3 Å². The van der Waals surface area contributed by atoms with Crippen molar-refractivity contribution in [3.8, 4) is 11.5 Å². The van der Waals surface area contributed by atoms with E-state index in [1.807, 2.05) is 42.5 Å². The molecule has 0 aliphatic carbocycles. The number of thiophene rings is 1. The maximum atomic E-state index is 12.5. The van der Waals surface area contributed by atoms with Gasteiger partial charge in [0.1, 0.15) is 6.10 Å². The lowest BCUT2D eigenvalue weighted by Crippen LogP contribution is -2.23. The smallest absolute Gasteiger partial charge is 0.255 e. The van der Waals surface area contributed by atoms with Gasteiger partial charge in [0, 0.05) is 9.75 Å². The molecular formula is C21H21NO4S. The SMILES string of the molecule is COc1cccc(C(=O)NCc2ccc(C(O)c3ccccc3)s2)c1OC. The van der Waals surface area contributed by atoms with Crippen LogP contribution >= 0.6 is 11.3 Å². The van der Waals surface area contributed by atoms with E-state index in [1.54, 1.807) is 18.2 Å². The highest BCUT2D eigenvalue weighted by atomic mass is 32.1. The second-order valence-corrected chi connectivity index (χ2v) is 7.04. The molecule has 1 aromatic heterocycles. The maximum absolute atomic E-state index is 12.5. The van der Waals surface area contributed by atoms with Gasteiger partial charge in [-0.05, 0) is 29.8 Å². The normalized spacial score (nSPS) is 11.7. The van der Waals surface area contributed by atoms with E-state index < -0.39 is 6.10 Å². The highest BCUT2D eigenvalue weighted by molar-refractivity contribution is 7.12. The van der Waals surface area contributed by atoms with Gasteiger partial charge in [-0.25, -0.2) is 0 Å². The summed E-state index contributed by atoms with van der Waals surface area (Å²) in [5.41, 5.74) is 1.26. The number of amides is 1. The van der Waals surface area contributed by atoms with Gasteiger partial charge in [0.15, 0.2) is 11.5 Å². The second-order valence-electron chi connectivity index (χ2n) is 5.84. The lowest BCUT2D eigenvalue weighted by atomic mass is 10.1. The van der Waals surface area contributed by atoms with Crippen molar-refractivity contribution in [2.24, 2.45) is 0 Å². The molecule has 6 heteroatoms. The van der Waals surface area contributed by atoms with Gasteiger partial charge >= 0.3 is 0 Å². The summed E-state index contributed by atoms with van der Waals surface area (Å²) in [6.45, 7) is 0.366. The van der Waals surface area contributed by atoms with Crippen molar-refractivity contribution in [1.82, 2.24) is 5.32 Å². The molecule has 1 amide bonds. The Balaban J connectivity index is 1.68. The third kappa shape index (κ3) is 4.30. The summed E-state index contributed by atoms with van der Waals surface area (Å²) in [6, 6.07) is 18.5. The third-order valence-corrected chi connectivity index (χ3v) is 5.28. The van der Waals surface area contributed by atoms with Crippen LogP contribution in [0.1, 0.15) is 31.8 Å². The van der Waals surface area contributed by atoms with Gasteiger partial charge in [0.2, 0.25) is 0 Å². The first-order valence-electron chi connectivity index (χ1n) is 8.45. The number of hydrogen-bond acceptors (Lipinski definition) is 5. The lowest BCUT2D eigenvalue weighted by molar-refractivity contribution is 0.0947. The predicted molar refractivity (Wildman–Crippen MR) is 106 cm³/mol. The number of nitrogens with one attached hydrogen (secondary N) is 1. The van der Waals surface area contributed by atoms with Crippen LogP contribution in [-0.2, 0) is 6.54 Å². The fraction of sp³-hybridized carbons (Fsp3) is 0.190. The summed E-state index contributed by atoms with van der Waals surface area (Å²) in [5.74, 6) is 0.669. The van der Waals surface area contributed by atoms with Gasteiger partial charge in [-0.1, -0.05) is 36.4 Å². The molecule has 2 N–H and O–H groups in total. The Labute approximate surface area is 162 Å². The van der Waals surface area contributed by atoms with Crippen LogP contribution in [0.3, 0.4) is 0 Å². The van der Waals surface area contributed by atoms with Crippen LogP contribution in [0.15, 0.2) is 60.7 Å². The van der Waals surface area contributed by atoms with Crippen molar-refractivity contribution < 1.29 is 19.4 Å². The lowest BCUT2D eigenvalue weighted by Gasteiger charge is -2.12. The van der Waals surface area contributed by atoms with E-state index in [2.05, 4.69) is 5.32 Å². The average molecular weight is 383 g/mol. The second kappa shape index (κ2) is 8.70. The molecule has 0 aliphatic heterocycles. The Bertz CT molecular complexity index is 908. The molecule has 0 saturated carbocycles. The van der Waals surface area contributed by atoms with Crippen molar-refractivity contribution in [2.75, 3.05) is 14.2 Å². The number of carbonyl (C=O) groups excluding carboxylic acids is 1. The summed E-state index contributed by atoms with van der Waals surface area (Å²) >= 11 is 1.47. The fourth-order valence-electron chi connectivity index (χ4n) is 2.76.